The van der Waals surface area contributed by atoms with Gasteiger partial charge in [0, 0.05) is 22.7 Å². The predicted octanol–water partition coefficient (Wildman–Crippen LogP) is 9.18. The quantitative estimate of drug-likeness (QED) is 0.193. The lowest BCUT2D eigenvalue weighted by Crippen LogP contribution is -2.22. The first-order valence-electron chi connectivity index (χ1n) is 13.9. The molecule has 202 valence electrons. The lowest BCUT2D eigenvalue weighted by atomic mass is 9.91. The van der Waals surface area contributed by atoms with E-state index in [2.05, 4.69) is 60.5 Å². The van der Waals surface area contributed by atoms with Crippen molar-refractivity contribution in [3.63, 3.8) is 0 Å². The number of aryl methyl sites for hydroxylation is 2. The lowest BCUT2D eigenvalue weighted by Gasteiger charge is -2.15. The van der Waals surface area contributed by atoms with Crippen LogP contribution in [0.4, 0.5) is 8.78 Å². The van der Waals surface area contributed by atoms with Gasteiger partial charge >= 0.3 is 0 Å². The molecule has 1 aliphatic heterocycles. The molecule has 0 radical (unpaired) electrons. The average molecular weight is 542 g/mol. The summed E-state index contributed by atoms with van der Waals surface area (Å²) < 4.78 is 27.8. The van der Waals surface area contributed by atoms with Gasteiger partial charge in [0.15, 0.2) is 0 Å². The Morgan fingerprint density at radius 1 is 1.05 bits per heavy atom. The van der Waals surface area contributed by atoms with Crippen molar-refractivity contribution in [1.29, 1.82) is 0 Å². The van der Waals surface area contributed by atoms with Crippen LogP contribution < -0.4 is 0 Å². The van der Waals surface area contributed by atoms with Crippen molar-refractivity contribution in [3.8, 4) is 0 Å². The molecule has 0 amide bonds. The van der Waals surface area contributed by atoms with Gasteiger partial charge in [-0.15, -0.1) is 11.3 Å². The summed E-state index contributed by atoms with van der Waals surface area (Å²) in [6, 6.07) is 18.8. The van der Waals surface area contributed by atoms with E-state index in [1.807, 2.05) is 19.9 Å². The molecule has 1 aromatic heterocycles. The standard InChI is InChI=1S/C35H37F2NS/c1-5-26-11-12-31-32(35(39-33(31)21-26)25(4)34-23(2)17-30(37)18-24(34)3)20-28-9-7-27(8-10-28)19-29-13-16-38(22-29)15-6-14-36/h5,7-12,17-18,21,29H,1,4,6,13-16,19-20,22H2,2-3H3/t29-/m1/s1. The highest BCUT2D eigenvalue weighted by Crippen LogP contribution is 2.41. The van der Waals surface area contributed by atoms with Crippen molar-refractivity contribution in [2.24, 2.45) is 5.92 Å². The first-order chi connectivity index (χ1) is 18.9. The Morgan fingerprint density at radius 2 is 1.77 bits per heavy atom. The van der Waals surface area contributed by atoms with Crippen molar-refractivity contribution >= 4 is 33.1 Å². The number of hydrogen-bond donors (Lipinski definition) is 0. The van der Waals surface area contributed by atoms with Gasteiger partial charge in [-0.25, -0.2) is 4.39 Å². The average Bonchev–Trinajstić information content (AvgIpc) is 3.51. The van der Waals surface area contributed by atoms with Crippen LogP contribution in [0, 0.1) is 25.6 Å². The van der Waals surface area contributed by atoms with Gasteiger partial charge in [0.25, 0.3) is 0 Å². The Kier molecular flexibility index (Phi) is 8.44. The van der Waals surface area contributed by atoms with E-state index in [9.17, 15) is 8.78 Å². The van der Waals surface area contributed by atoms with Gasteiger partial charge in [0.2, 0.25) is 0 Å². The normalized spacial score (nSPS) is 15.7. The highest BCUT2D eigenvalue weighted by molar-refractivity contribution is 7.20. The fourth-order valence-electron chi connectivity index (χ4n) is 6.11. The number of fused-ring (bicyclic) bond motifs is 1. The second-order valence-corrected chi connectivity index (χ2v) is 12.0. The third-order valence-corrected chi connectivity index (χ3v) is 9.29. The fraction of sp³-hybridized carbons (Fsp3) is 0.314. The van der Waals surface area contributed by atoms with Crippen molar-refractivity contribution < 1.29 is 8.78 Å². The van der Waals surface area contributed by atoms with E-state index in [1.54, 1.807) is 23.5 Å². The summed E-state index contributed by atoms with van der Waals surface area (Å²) in [5, 5.41) is 1.24. The highest BCUT2D eigenvalue weighted by Gasteiger charge is 2.23. The Balaban J connectivity index is 1.41. The van der Waals surface area contributed by atoms with Crippen molar-refractivity contribution in [2.45, 2.75) is 39.5 Å². The smallest absolute Gasteiger partial charge is 0.123 e. The zero-order valence-corrected chi connectivity index (χ0v) is 23.8. The molecule has 0 bridgehead atoms. The molecule has 0 unspecified atom stereocenters. The van der Waals surface area contributed by atoms with Gasteiger partial charge < -0.3 is 4.90 Å². The SMILES string of the molecule is C=Cc1ccc2c(Cc3ccc(C[C@H]4CCN(CCCF)C4)cc3)c(C(=C)c3c(C)cc(F)cc3C)sc2c1. The van der Waals surface area contributed by atoms with Crippen LogP contribution in [0.15, 0.2) is 67.8 Å². The number of halogens is 2. The van der Waals surface area contributed by atoms with E-state index < -0.39 is 0 Å². The molecule has 4 aromatic rings. The number of alkyl halides is 1. The summed E-state index contributed by atoms with van der Waals surface area (Å²) in [6.45, 7) is 15.2. The molecule has 0 saturated carbocycles. The number of benzene rings is 3. The van der Waals surface area contributed by atoms with Crippen molar-refractivity contribution in [1.82, 2.24) is 4.90 Å². The van der Waals surface area contributed by atoms with Crippen LogP contribution in [-0.4, -0.2) is 31.2 Å². The Bertz CT molecular complexity index is 1470. The van der Waals surface area contributed by atoms with E-state index in [4.69, 9.17) is 0 Å². The minimum absolute atomic E-state index is 0.209. The first-order valence-corrected chi connectivity index (χ1v) is 14.7. The summed E-state index contributed by atoms with van der Waals surface area (Å²) in [6.07, 6.45) is 5.59. The van der Waals surface area contributed by atoms with Crippen LogP contribution in [0.3, 0.4) is 0 Å². The second-order valence-electron chi connectivity index (χ2n) is 11.0. The number of likely N-dealkylation sites (tertiary alicyclic amines) is 1. The van der Waals surface area contributed by atoms with Crippen LogP contribution in [0.5, 0.6) is 0 Å². The number of nitrogens with zero attached hydrogens (tertiary/aromatic N) is 1. The summed E-state index contributed by atoms with van der Waals surface area (Å²) in [4.78, 5) is 3.56. The van der Waals surface area contributed by atoms with Crippen molar-refractivity contribution in [2.75, 3.05) is 26.3 Å². The zero-order chi connectivity index (χ0) is 27.5. The number of hydrogen-bond acceptors (Lipinski definition) is 2. The number of thiophene rings is 1. The molecule has 0 N–H and O–H groups in total. The summed E-state index contributed by atoms with van der Waals surface area (Å²) >= 11 is 1.76. The molecule has 1 saturated heterocycles. The van der Waals surface area contributed by atoms with Crippen LogP contribution in [0.25, 0.3) is 21.7 Å². The summed E-state index contributed by atoms with van der Waals surface area (Å²) in [5.41, 5.74) is 8.80. The zero-order valence-electron chi connectivity index (χ0n) is 23.0. The molecule has 0 aliphatic carbocycles. The largest absolute Gasteiger partial charge is 0.303 e. The minimum atomic E-state index is -0.227. The molecular weight excluding hydrogens is 504 g/mol. The summed E-state index contributed by atoms with van der Waals surface area (Å²) in [5.74, 6) is 0.436. The Labute approximate surface area is 235 Å². The molecule has 5 rings (SSSR count). The molecule has 3 aromatic carbocycles. The van der Waals surface area contributed by atoms with Gasteiger partial charge in [0.05, 0.1) is 6.67 Å². The molecular formula is C35H37F2NS. The minimum Gasteiger partial charge on any atom is -0.303 e. The predicted molar refractivity (Wildman–Crippen MR) is 164 cm³/mol. The molecule has 1 nitrogen and oxygen atoms in total. The number of rotatable bonds is 10. The van der Waals surface area contributed by atoms with E-state index in [0.717, 1.165) is 65.2 Å². The van der Waals surface area contributed by atoms with E-state index in [0.29, 0.717) is 12.3 Å². The molecule has 1 fully saturated rings. The lowest BCUT2D eigenvalue weighted by molar-refractivity contribution is 0.301. The van der Waals surface area contributed by atoms with Crippen molar-refractivity contribution in [3.05, 3.63) is 117 Å². The maximum atomic E-state index is 14.1. The fourth-order valence-corrected chi connectivity index (χ4v) is 7.36. The maximum Gasteiger partial charge on any atom is 0.123 e. The van der Waals surface area contributed by atoms with Crippen LogP contribution in [0.1, 0.15) is 56.7 Å². The third-order valence-electron chi connectivity index (χ3n) is 8.03. The second kappa shape index (κ2) is 12.0. The first kappa shape index (κ1) is 27.5. The monoisotopic (exact) mass is 541 g/mol. The van der Waals surface area contributed by atoms with Crippen LogP contribution in [0.2, 0.25) is 0 Å². The molecule has 1 atom stereocenters. The Hall–Kier alpha value is -3.08. The van der Waals surface area contributed by atoms with Crippen LogP contribution >= 0.6 is 11.3 Å². The van der Waals surface area contributed by atoms with Gasteiger partial charge in [-0.05, 0) is 120 Å². The highest BCUT2D eigenvalue weighted by atomic mass is 32.1. The van der Waals surface area contributed by atoms with Gasteiger partial charge in [-0.2, -0.15) is 0 Å². The molecule has 4 heteroatoms. The van der Waals surface area contributed by atoms with E-state index in [-0.39, 0.29) is 12.5 Å². The van der Waals surface area contributed by atoms with Gasteiger partial charge in [-0.1, -0.05) is 55.6 Å². The topological polar surface area (TPSA) is 3.24 Å². The van der Waals surface area contributed by atoms with E-state index >= 15 is 0 Å². The Morgan fingerprint density at radius 3 is 2.46 bits per heavy atom. The molecule has 1 aliphatic rings. The summed E-state index contributed by atoms with van der Waals surface area (Å²) in [7, 11) is 0. The van der Waals surface area contributed by atoms with Gasteiger partial charge in [0.1, 0.15) is 5.82 Å². The van der Waals surface area contributed by atoms with Gasteiger partial charge in [-0.3, -0.25) is 4.39 Å². The molecule has 2 heterocycles. The molecule has 39 heavy (non-hydrogen) atoms. The maximum absolute atomic E-state index is 14.1. The molecule has 0 spiro atoms. The van der Waals surface area contributed by atoms with E-state index in [1.165, 1.54) is 33.2 Å². The van der Waals surface area contributed by atoms with Crippen LogP contribution in [-0.2, 0) is 12.8 Å². The third kappa shape index (κ3) is 6.08.